The summed E-state index contributed by atoms with van der Waals surface area (Å²) in [5.41, 5.74) is 2.92. The molecule has 2 saturated heterocycles. The minimum Gasteiger partial charge on any atom is -0.465 e. The molecule has 0 aromatic heterocycles. The first kappa shape index (κ1) is 30.4. The molecule has 0 radical (unpaired) electrons. The Kier molecular flexibility index (Phi) is 11.4. The number of unbranched alkanes of at least 4 members (excludes halogenated alkanes) is 1. The molecule has 6 amide bonds. The second-order valence-corrected chi connectivity index (χ2v) is 9.17. The maximum atomic E-state index is 12.9. The van der Waals surface area contributed by atoms with E-state index in [-0.39, 0.29) is 19.4 Å². The molecule has 212 valence electrons. The van der Waals surface area contributed by atoms with Crippen LogP contribution in [0.3, 0.4) is 0 Å². The summed E-state index contributed by atoms with van der Waals surface area (Å²) in [4.78, 5) is 84.3. The highest BCUT2D eigenvalue weighted by Crippen LogP contribution is 2.20. The third kappa shape index (κ3) is 8.65. The third-order valence-corrected chi connectivity index (χ3v) is 6.26. The zero-order valence-electron chi connectivity index (χ0n) is 21.3. The number of carbonyl (C=O) groups excluding carboxylic acids is 5. The lowest BCUT2D eigenvalue weighted by molar-refractivity contribution is -0.147. The van der Waals surface area contributed by atoms with E-state index in [2.05, 4.69) is 26.7 Å². The van der Waals surface area contributed by atoms with Gasteiger partial charge in [-0.1, -0.05) is 0 Å². The molecule has 0 bridgehead atoms. The summed E-state index contributed by atoms with van der Waals surface area (Å²) < 4.78 is 0. The average molecular weight is 542 g/mol. The zero-order chi connectivity index (χ0) is 28.4. The van der Waals surface area contributed by atoms with Crippen LogP contribution < -0.4 is 26.7 Å². The van der Waals surface area contributed by atoms with Crippen molar-refractivity contribution in [3.8, 4) is 0 Å². The van der Waals surface area contributed by atoms with Gasteiger partial charge in [0, 0.05) is 13.1 Å². The molecule has 0 aliphatic carbocycles. The molecule has 0 aromatic rings. The predicted molar refractivity (Wildman–Crippen MR) is 129 cm³/mol. The molecule has 0 aromatic carbocycles. The van der Waals surface area contributed by atoms with Gasteiger partial charge in [-0.15, -0.1) is 0 Å². The van der Waals surface area contributed by atoms with Gasteiger partial charge in [0.15, 0.2) is 0 Å². The molecule has 2 aliphatic heterocycles. The van der Waals surface area contributed by atoms with Gasteiger partial charge in [0.1, 0.15) is 24.4 Å². The van der Waals surface area contributed by atoms with E-state index in [9.17, 15) is 33.6 Å². The molecule has 38 heavy (non-hydrogen) atoms. The van der Waals surface area contributed by atoms with Crippen molar-refractivity contribution in [2.45, 2.75) is 82.7 Å². The molecule has 7 N–H and O–H groups in total. The summed E-state index contributed by atoms with van der Waals surface area (Å²) in [6, 6.07) is -3.62. The second kappa shape index (κ2) is 14.2. The molecule has 2 fully saturated rings. The van der Waals surface area contributed by atoms with Crippen LogP contribution in [0.15, 0.2) is 0 Å². The molecule has 16 nitrogen and oxygen atoms in total. The number of amides is 6. The molecular formula is C22H35N7O9. The van der Waals surface area contributed by atoms with Crippen LogP contribution in [0.1, 0.15) is 52.4 Å². The van der Waals surface area contributed by atoms with Gasteiger partial charge in [-0.3, -0.25) is 24.1 Å². The van der Waals surface area contributed by atoms with E-state index in [1.807, 2.05) is 0 Å². The Balaban J connectivity index is 1.88. The molecule has 16 heteroatoms. The maximum Gasteiger partial charge on any atom is 0.405 e. The number of imide groups is 1. The van der Waals surface area contributed by atoms with Gasteiger partial charge in [0.2, 0.25) is 23.6 Å². The largest absolute Gasteiger partial charge is 0.465 e. The van der Waals surface area contributed by atoms with Crippen LogP contribution in [0, 0.1) is 0 Å². The fourth-order valence-electron chi connectivity index (χ4n) is 4.34. The molecule has 4 unspecified atom stereocenters. The number of likely N-dealkylation sites (tertiary alicyclic amines) is 1. The van der Waals surface area contributed by atoms with Crippen LogP contribution in [0.5, 0.6) is 0 Å². The number of aldehydes is 1. The number of carboxylic acid groups (broad SMARTS) is 2. The van der Waals surface area contributed by atoms with Crippen LogP contribution >= 0.6 is 0 Å². The van der Waals surface area contributed by atoms with E-state index < -0.39 is 66.1 Å². The number of hydrazine groups is 1. The minimum atomic E-state index is -1.43. The van der Waals surface area contributed by atoms with Gasteiger partial charge >= 0.3 is 12.2 Å². The van der Waals surface area contributed by atoms with Gasteiger partial charge in [-0.25, -0.2) is 20.0 Å². The first-order valence-corrected chi connectivity index (χ1v) is 12.4. The molecule has 2 aliphatic rings. The Hall–Kier alpha value is -3.79. The third-order valence-electron chi connectivity index (χ3n) is 6.26. The Labute approximate surface area is 218 Å². The summed E-state index contributed by atoms with van der Waals surface area (Å²) in [6.07, 6.45) is -0.769. The minimum absolute atomic E-state index is 0.0870. The summed E-state index contributed by atoms with van der Waals surface area (Å²) in [5.74, 6) is -2.59. The predicted octanol–water partition coefficient (Wildman–Crippen LogP) is -1.68. The Bertz CT molecular complexity index is 931. The number of hydrogen-bond acceptors (Lipinski definition) is 9. The van der Waals surface area contributed by atoms with Crippen molar-refractivity contribution >= 4 is 42.1 Å². The number of carbonyl (C=O) groups is 7. The van der Waals surface area contributed by atoms with E-state index in [4.69, 9.17) is 10.2 Å². The van der Waals surface area contributed by atoms with Crippen molar-refractivity contribution in [2.24, 2.45) is 0 Å². The first-order valence-electron chi connectivity index (χ1n) is 12.4. The standard InChI is InChI=1S/C22H35N7O9/c1-12(29-17(31)10-16(20(29)34)27-28-9-5-6-14(28)11-30)18(32)24-13(2)25-19(33)15(26-22(37)38)7-3-4-8-23-21(35)36/h11-16,23,26-27H,3-10H2,1-2H3,(H,24,32)(H,25,33)(H,35,36)(H,37,38)/t12?,13?,14-,15?,16?/m0/s1. The van der Waals surface area contributed by atoms with Crippen molar-refractivity contribution in [1.29, 1.82) is 0 Å². The Morgan fingerprint density at radius 2 is 1.71 bits per heavy atom. The number of rotatable bonds is 14. The van der Waals surface area contributed by atoms with Gasteiger partial charge < -0.3 is 36.3 Å². The fraction of sp³-hybridized carbons (Fsp3) is 0.682. The lowest BCUT2D eigenvalue weighted by Crippen LogP contribution is -2.57. The van der Waals surface area contributed by atoms with Crippen LogP contribution in [0.4, 0.5) is 9.59 Å². The zero-order valence-corrected chi connectivity index (χ0v) is 21.3. The molecule has 0 saturated carbocycles. The van der Waals surface area contributed by atoms with Gasteiger partial charge in [-0.05, 0) is 46.0 Å². The van der Waals surface area contributed by atoms with E-state index in [0.717, 1.165) is 17.6 Å². The Morgan fingerprint density at radius 1 is 1.03 bits per heavy atom. The number of nitrogens with zero attached hydrogens (tertiary/aromatic N) is 2. The summed E-state index contributed by atoms with van der Waals surface area (Å²) in [7, 11) is 0. The van der Waals surface area contributed by atoms with E-state index in [1.54, 1.807) is 5.01 Å². The average Bonchev–Trinajstić information content (AvgIpc) is 3.39. The second-order valence-electron chi connectivity index (χ2n) is 9.17. The Morgan fingerprint density at radius 3 is 2.34 bits per heavy atom. The summed E-state index contributed by atoms with van der Waals surface area (Å²) in [6.45, 7) is 3.49. The van der Waals surface area contributed by atoms with Crippen molar-refractivity contribution in [2.75, 3.05) is 13.1 Å². The van der Waals surface area contributed by atoms with E-state index in [0.29, 0.717) is 25.8 Å². The van der Waals surface area contributed by atoms with Gasteiger partial charge in [0.05, 0.1) is 18.6 Å². The topological polar surface area (TPSA) is 227 Å². The SMILES string of the molecule is CC(NC(=O)C(CCCCNC(=O)O)NC(=O)O)NC(=O)C(C)N1C(=O)CC(NN2CCC[C@H]2C=O)C1=O. The molecule has 2 heterocycles. The quantitative estimate of drug-likeness (QED) is 0.0569. The number of nitrogens with one attached hydrogen (secondary N) is 5. The van der Waals surface area contributed by atoms with Gasteiger partial charge in [0.25, 0.3) is 0 Å². The maximum absolute atomic E-state index is 12.9. The summed E-state index contributed by atoms with van der Waals surface area (Å²) >= 11 is 0. The highest BCUT2D eigenvalue weighted by molar-refractivity contribution is 6.08. The molecule has 5 atom stereocenters. The van der Waals surface area contributed by atoms with Gasteiger partial charge in [-0.2, -0.15) is 0 Å². The van der Waals surface area contributed by atoms with Crippen LogP contribution in [0.2, 0.25) is 0 Å². The van der Waals surface area contributed by atoms with Crippen molar-refractivity contribution in [3.63, 3.8) is 0 Å². The molecule has 2 rings (SSSR count). The lowest BCUT2D eigenvalue weighted by atomic mass is 10.1. The lowest BCUT2D eigenvalue weighted by Gasteiger charge is -2.27. The normalized spacial score (nSPS) is 21.9. The fourth-order valence-corrected chi connectivity index (χ4v) is 4.34. The van der Waals surface area contributed by atoms with E-state index >= 15 is 0 Å². The monoisotopic (exact) mass is 541 g/mol. The molecule has 0 spiro atoms. The van der Waals surface area contributed by atoms with E-state index in [1.165, 1.54) is 13.8 Å². The van der Waals surface area contributed by atoms with Crippen LogP contribution in [0.25, 0.3) is 0 Å². The highest BCUT2D eigenvalue weighted by atomic mass is 16.4. The van der Waals surface area contributed by atoms with Crippen molar-refractivity contribution < 1.29 is 43.8 Å². The smallest absolute Gasteiger partial charge is 0.405 e. The number of hydrogen-bond donors (Lipinski definition) is 7. The van der Waals surface area contributed by atoms with Crippen LogP contribution in [-0.4, -0.2) is 106 Å². The highest BCUT2D eigenvalue weighted by Gasteiger charge is 2.44. The molecular weight excluding hydrogens is 506 g/mol. The van der Waals surface area contributed by atoms with Crippen molar-refractivity contribution in [3.05, 3.63) is 0 Å². The summed E-state index contributed by atoms with van der Waals surface area (Å²) in [5, 5.41) is 28.4. The van der Waals surface area contributed by atoms with Crippen molar-refractivity contribution in [1.82, 2.24) is 36.6 Å². The first-order chi connectivity index (χ1) is 17.9. The van der Waals surface area contributed by atoms with Crippen LogP contribution in [-0.2, 0) is 24.0 Å².